The van der Waals surface area contributed by atoms with Gasteiger partial charge >= 0.3 is 6.11 Å². The second kappa shape index (κ2) is 9.30. The van der Waals surface area contributed by atoms with Crippen molar-refractivity contribution in [3.8, 4) is 28.0 Å². The third-order valence-corrected chi connectivity index (χ3v) is 5.61. The Bertz CT molecular complexity index is 1370. The van der Waals surface area contributed by atoms with Crippen molar-refractivity contribution in [3.63, 3.8) is 0 Å². The minimum absolute atomic E-state index is 0.226. The summed E-state index contributed by atoms with van der Waals surface area (Å²) >= 11 is 4.18. The summed E-state index contributed by atoms with van der Waals surface area (Å²) in [5.74, 6) is -7.61. The molecular weight excluding hydrogens is 493 g/mol. The van der Waals surface area contributed by atoms with E-state index in [9.17, 15) is 30.7 Å². The van der Waals surface area contributed by atoms with Crippen molar-refractivity contribution in [2.75, 3.05) is 0 Å². The standard InChI is InChI=1S/C26H15F7OS/c1-13-20(27)11-17(12-21(13)28)34-26(32,33)25-23(30)9-16(10-24(25)31)19-7-4-15(8-22(19)29)14-2-5-18(35)6-3-14/h2-12,35H,1H3. The fraction of sp³-hybridized carbons (Fsp3) is 0.0769. The zero-order valence-electron chi connectivity index (χ0n) is 17.9. The molecule has 0 atom stereocenters. The molecule has 0 aromatic heterocycles. The van der Waals surface area contributed by atoms with Crippen LogP contribution in [-0.2, 0) is 6.11 Å². The molecule has 0 heterocycles. The third kappa shape index (κ3) is 5.00. The zero-order chi connectivity index (χ0) is 25.5. The van der Waals surface area contributed by atoms with Gasteiger partial charge in [0.1, 0.15) is 40.4 Å². The number of hydrogen-bond donors (Lipinski definition) is 1. The predicted octanol–water partition coefficient (Wildman–Crippen LogP) is 8.44. The summed E-state index contributed by atoms with van der Waals surface area (Å²) in [7, 11) is 0. The van der Waals surface area contributed by atoms with Gasteiger partial charge < -0.3 is 4.74 Å². The third-order valence-electron chi connectivity index (χ3n) is 5.31. The molecule has 0 bridgehead atoms. The Hall–Kier alpha value is -3.46. The second-order valence-electron chi connectivity index (χ2n) is 7.69. The van der Waals surface area contributed by atoms with E-state index >= 15 is 0 Å². The lowest BCUT2D eigenvalue weighted by Crippen LogP contribution is -2.25. The van der Waals surface area contributed by atoms with Crippen molar-refractivity contribution in [1.29, 1.82) is 0 Å². The monoisotopic (exact) mass is 508 g/mol. The highest BCUT2D eigenvalue weighted by atomic mass is 32.1. The molecule has 9 heteroatoms. The highest BCUT2D eigenvalue weighted by molar-refractivity contribution is 7.80. The maximum Gasteiger partial charge on any atom is 0.432 e. The first-order valence-corrected chi connectivity index (χ1v) is 10.5. The van der Waals surface area contributed by atoms with Gasteiger partial charge in [-0.15, -0.1) is 12.6 Å². The van der Waals surface area contributed by atoms with E-state index in [1.165, 1.54) is 12.1 Å². The van der Waals surface area contributed by atoms with Crippen LogP contribution in [0.5, 0.6) is 5.75 Å². The van der Waals surface area contributed by atoms with Crippen molar-refractivity contribution in [3.05, 3.63) is 107 Å². The van der Waals surface area contributed by atoms with Crippen molar-refractivity contribution < 1.29 is 35.5 Å². The number of halogens is 7. The lowest BCUT2D eigenvalue weighted by atomic mass is 9.98. The molecule has 0 fully saturated rings. The largest absolute Gasteiger partial charge is 0.432 e. The molecule has 0 radical (unpaired) electrons. The number of alkyl halides is 2. The lowest BCUT2D eigenvalue weighted by molar-refractivity contribution is -0.189. The van der Waals surface area contributed by atoms with Crippen LogP contribution in [0.25, 0.3) is 22.3 Å². The molecule has 4 rings (SSSR count). The molecule has 4 aromatic carbocycles. The van der Waals surface area contributed by atoms with Gasteiger partial charge in [0.05, 0.1) is 0 Å². The van der Waals surface area contributed by atoms with Gasteiger partial charge in [-0.1, -0.05) is 24.3 Å². The first kappa shape index (κ1) is 24.7. The Morgan fingerprint density at radius 2 is 1.14 bits per heavy atom. The molecule has 4 aromatic rings. The Morgan fingerprint density at radius 1 is 0.629 bits per heavy atom. The molecule has 0 unspecified atom stereocenters. The number of ether oxygens (including phenoxy) is 1. The van der Waals surface area contributed by atoms with E-state index in [-0.39, 0.29) is 11.1 Å². The average molecular weight is 508 g/mol. The summed E-state index contributed by atoms with van der Waals surface area (Å²) in [6.45, 7) is 1.08. The van der Waals surface area contributed by atoms with Crippen LogP contribution in [-0.4, -0.2) is 0 Å². The van der Waals surface area contributed by atoms with E-state index in [1.54, 1.807) is 24.3 Å². The van der Waals surface area contributed by atoms with Crippen LogP contribution in [0.3, 0.4) is 0 Å². The predicted molar refractivity (Wildman–Crippen MR) is 120 cm³/mol. The van der Waals surface area contributed by atoms with Crippen LogP contribution < -0.4 is 4.74 Å². The van der Waals surface area contributed by atoms with Crippen LogP contribution in [0, 0.1) is 36.0 Å². The quantitative estimate of drug-likeness (QED) is 0.210. The van der Waals surface area contributed by atoms with Crippen molar-refractivity contribution in [1.82, 2.24) is 0 Å². The van der Waals surface area contributed by atoms with Gasteiger partial charge in [-0.2, -0.15) is 8.78 Å². The number of rotatable bonds is 5. The fourth-order valence-corrected chi connectivity index (χ4v) is 3.62. The van der Waals surface area contributed by atoms with E-state index in [4.69, 9.17) is 0 Å². The first-order valence-electron chi connectivity index (χ1n) is 10.1. The average Bonchev–Trinajstić information content (AvgIpc) is 2.76. The summed E-state index contributed by atoms with van der Waals surface area (Å²) in [5.41, 5.74) is -1.63. The van der Waals surface area contributed by atoms with Gasteiger partial charge in [0.25, 0.3) is 0 Å². The highest BCUT2D eigenvalue weighted by Crippen LogP contribution is 2.38. The lowest BCUT2D eigenvalue weighted by Gasteiger charge is -2.20. The highest BCUT2D eigenvalue weighted by Gasteiger charge is 2.41. The van der Waals surface area contributed by atoms with Gasteiger partial charge in [0, 0.05) is 28.2 Å². The van der Waals surface area contributed by atoms with Crippen LogP contribution >= 0.6 is 12.6 Å². The molecule has 0 aliphatic heterocycles. The summed E-state index contributed by atoms with van der Waals surface area (Å²) in [5, 5.41) is 0. The Labute approximate surface area is 201 Å². The van der Waals surface area contributed by atoms with Crippen molar-refractivity contribution in [2.45, 2.75) is 17.9 Å². The van der Waals surface area contributed by atoms with E-state index in [2.05, 4.69) is 17.4 Å². The first-order chi connectivity index (χ1) is 16.5. The number of benzene rings is 4. The van der Waals surface area contributed by atoms with Gasteiger partial charge in [0.15, 0.2) is 0 Å². The molecule has 0 aliphatic rings. The maximum atomic E-state index is 14.8. The van der Waals surface area contributed by atoms with Crippen molar-refractivity contribution >= 4 is 12.6 Å². The SMILES string of the molecule is Cc1c(F)cc(OC(F)(F)c2c(F)cc(-c3ccc(-c4ccc(S)cc4)cc3F)cc2F)cc1F. The van der Waals surface area contributed by atoms with Crippen LogP contribution in [0.1, 0.15) is 11.1 Å². The summed E-state index contributed by atoms with van der Waals surface area (Å²) in [6.07, 6.45) is -4.62. The molecule has 0 amide bonds. The zero-order valence-corrected chi connectivity index (χ0v) is 18.7. The summed E-state index contributed by atoms with van der Waals surface area (Å²) in [6, 6.07) is 12.7. The van der Waals surface area contributed by atoms with E-state index < -0.39 is 52.1 Å². The van der Waals surface area contributed by atoms with Crippen molar-refractivity contribution in [2.24, 2.45) is 0 Å². The summed E-state index contributed by atoms with van der Waals surface area (Å²) in [4.78, 5) is 0.704. The van der Waals surface area contributed by atoms with Gasteiger partial charge in [-0.05, 0) is 53.9 Å². The van der Waals surface area contributed by atoms with Gasteiger partial charge in [0.2, 0.25) is 0 Å². The van der Waals surface area contributed by atoms with Gasteiger partial charge in [-0.3, -0.25) is 0 Å². The number of thiol groups is 1. The van der Waals surface area contributed by atoms with E-state index in [0.29, 0.717) is 40.3 Å². The normalized spacial score (nSPS) is 11.6. The molecular formula is C26H15F7OS. The second-order valence-corrected chi connectivity index (χ2v) is 8.20. The van der Waals surface area contributed by atoms with E-state index in [1.807, 2.05) is 0 Å². The summed E-state index contributed by atoms with van der Waals surface area (Å²) < 4.78 is 105. The topological polar surface area (TPSA) is 9.23 Å². The molecule has 1 nitrogen and oxygen atoms in total. The smallest absolute Gasteiger partial charge is 0.429 e. The minimum atomic E-state index is -4.62. The minimum Gasteiger partial charge on any atom is -0.429 e. The molecule has 180 valence electrons. The van der Waals surface area contributed by atoms with E-state index in [0.717, 1.165) is 13.0 Å². The molecule has 0 saturated heterocycles. The van der Waals surface area contributed by atoms with Crippen LogP contribution in [0.4, 0.5) is 30.7 Å². The molecule has 0 aliphatic carbocycles. The molecule has 0 spiro atoms. The Balaban J connectivity index is 1.67. The maximum absolute atomic E-state index is 14.8. The Morgan fingerprint density at radius 3 is 1.69 bits per heavy atom. The van der Waals surface area contributed by atoms with Crippen LogP contribution in [0.15, 0.2) is 71.6 Å². The Kier molecular flexibility index (Phi) is 6.55. The molecule has 0 N–H and O–H groups in total. The van der Waals surface area contributed by atoms with Gasteiger partial charge in [-0.25, -0.2) is 22.0 Å². The number of hydrogen-bond acceptors (Lipinski definition) is 2. The fourth-order valence-electron chi connectivity index (χ4n) is 3.47. The molecule has 35 heavy (non-hydrogen) atoms. The molecule has 0 saturated carbocycles. The van der Waals surface area contributed by atoms with Crippen LogP contribution in [0.2, 0.25) is 0 Å².